The summed E-state index contributed by atoms with van der Waals surface area (Å²) in [6, 6.07) is 8.23. The summed E-state index contributed by atoms with van der Waals surface area (Å²) in [6.07, 6.45) is 0.747. The van der Waals surface area contributed by atoms with Crippen LogP contribution in [0.25, 0.3) is 0 Å². The average Bonchev–Trinajstić information content (AvgIpc) is 2.58. The first-order chi connectivity index (χ1) is 11.5. The van der Waals surface area contributed by atoms with E-state index in [1.54, 1.807) is 50.2 Å². The van der Waals surface area contributed by atoms with Gasteiger partial charge in [-0.1, -0.05) is 6.07 Å². The fourth-order valence-corrected chi connectivity index (χ4v) is 1.98. The molecule has 1 aromatic carbocycles. The molecule has 7 heteroatoms. The number of anilines is 1. The number of carbonyl (C=O) groups is 2. The first-order valence-electron chi connectivity index (χ1n) is 7.74. The number of rotatable bonds is 9. The van der Waals surface area contributed by atoms with Gasteiger partial charge in [-0.3, -0.25) is 14.5 Å². The molecule has 0 fully saturated rings. The molecule has 1 aromatic rings. The average molecular weight is 332 g/mol. The minimum atomic E-state index is -0.486. The second-order valence-electron chi connectivity index (χ2n) is 5.47. The summed E-state index contributed by atoms with van der Waals surface area (Å²) < 4.78 is 4.91. The predicted octanol–water partition coefficient (Wildman–Crippen LogP) is 0.970. The van der Waals surface area contributed by atoms with Crippen LogP contribution in [-0.2, 0) is 14.3 Å². The first kappa shape index (κ1) is 19.6. The molecule has 0 aliphatic carbocycles. The molecule has 0 spiro atoms. The normalized spacial score (nSPS) is 11.6. The van der Waals surface area contributed by atoms with Crippen LogP contribution in [0.1, 0.15) is 18.9 Å². The Balaban J connectivity index is 2.46. The fourth-order valence-electron chi connectivity index (χ4n) is 1.98. The number of carbonyl (C=O) groups excluding carboxylic acids is 2. The number of hydrogen-bond acceptors (Lipinski definition) is 5. The van der Waals surface area contributed by atoms with Crippen molar-refractivity contribution in [3.05, 3.63) is 29.8 Å². The third-order valence-electron chi connectivity index (χ3n) is 3.54. The van der Waals surface area contributed by atoms with Gasteiger partial charge in [0.1, 0.15) is 0 Å². The number of ether oxygens (including phenoxy) is 1. The lowest BCUT2D eigenvalue weighted by Gasteiger charge is -2.23. The van der Waals surface area contributed by atoms with Crippen molar-refractivity contribution < 1.29 is 14.3 Å². The molecule has 1 unspecified atom stereocenters. The Morgan fingerprint density at radius 1 is 1.42 bits per heavy atom. The van der Waals surface area contributed by atoms with Crippen LogP contribution in [0.4, 0.5) is 5.69 Å². The Morgan fingerprint density at radius 3 is 2.83 bits per heavy atom. The number of likely N-dealkylation sites (N-methyl/N-ethyl adjacent to an activating group) is 1. The molecule has 0 radical (unpaired) electrons. The third-order valence-corrected chi connectivity index (χ3v) is 3.54. The van der Waals surface area contributed by atoms with E-state index in [-0.39, 0.29) is 18.4 Å². The smallest absolute Gasteiger partial charge is 0.241 e. The van der Waals surface area contributed by atoms with Crippen LogP contribution in [0.3, 0.4) is 0 Å². The van der Waals surface area contributed by atoms with E-state index in [0.717, 1.165) is 6.42 Å². The molecule has 2 amide bonds. The number of methoxy groups -OCH3 is 1. The predicted molar refractivity (Wildman–Crippen MR) is 91.4 cm³/mol. The maximum Gasteiger partial charge on any atom is 0.241 e. The van der Waals surface area contributed by atoms with Gasteiger partial charge < -0.3 is 15.4 Å². The highest BCUT2D eigenvalue weighted by atomic mass is 16.5. The van der Waals surface area contributed by atoms with Gasteiger partial charge in [0.15, 0.2) is 0 Å². The minimum Gasteiger partial charge on any atom is -0.385 e. The Morgan fingerprint density at radius 2 is 2.17 bits per heavy atom. The Kier molecular flexibility index (Phi) is 8.47. The molecule has 0 bridgehead atoms. The van der Waals surface area contributed by atoms with E-state index >= 15 is 0 Å². The van der Waals surface area contributed by atoms with Gasteiger partial charge in [-0.15, -0.1) is 0 Å². The number of nitriles is 1. The van der Waals surface area contributed by atoms with Gasteiger partial charge in [0.25, 0.3) is 0 Å². The van der Waals surface area contributed by atoms with Crippen LogP contribution >= 0.6 is 0 Å². The third kappa shape index (κ3) is 6.77. The van der Waals surface area contributed by atoms with Crippen molar-refractivity contribution >= 4 is 17.5 Å². The first-order valence-corrected chi connectivity index (χ1v) is 7.74. The molecule has 24 heavy (non-hydrogen) atoms. The molecule has 0 aliphatic rings. The summed E-state index contributed by atoms with van der Waals surface area (Å²) in [5, 5.41) is 14.4. The zero-order chi connectivity index (χ0) is 17.9. The van der Waals surface area contributed by atoms with Crippen LogP contribution in [0.15, 0.2) is 24.3 Å². The van der Waals surface area contributed by atoms with Crippen LogP contribution in [0, 0.1) is 11.3 Å². The Bertz CT molecular complexity index is 598. The van der Waals surface area contributed by atoms with Crippen molar-refractivity contribution in [2.75, 3.05) is 39.2 Å². The summed E-state index contributed by atoms with van der Waals surface area (Å²) >= 11 is 0. The van der Waals surface area contributed by atoms with Gasteiger partial charge in [-0.2, -0.15) is 5.26 Å². The maximum absolute atomic E-state index is 12.3. The molecule has 0 aliphatic heterocycles. The number of hydrogen-bond donors (Lipinski definition) is 2. The topological polar surface area (TPSA) is 94.5 Å². The number of amides is 2. The highest BCUT2D eigenvalue weighted by molar-refractivity contribution is 5.95. The summed E-state index contributed by atoms with van der Waals surface area (Å²) in [6.45, 7) is 2.99. The largest absolute Gasteiger partial charge is 0.385 e. The Labute approximate surface area is 142 Å². The van der Waals surface area contributed by atoms with Crippen molar-refractivity contribution in [1.82, 2.24) is 10.2 Å². The van der Waals surface area contributed by atoms with Crippen LogP contribution in [0.2, 0.25) is 0 Å². The highest BCUT2D eigenvalue weighted by Crippen LogP contribution is 2.11. The molecule has 0 saturated carbocycles. The van der Waals surface area contributed by atoms with Crippen LogP contribution < -0.4 is 10.6 Å². The molecule has 0 aromatic heterocycles. The van der Waals surface area contributed by atoms with E-state index in [1.807, 2.05) is 6.07 Å². The molecule has 7 nitrogen and oxygen atoms in total. The second kappa shape index (κ2) is 10.4. The van der Waals surface area contributed by atoms with E-state index in [9.17, 15) is 9.59 Å². The highest BCUT2D eigenvalue weighted by Gasteiger charge is 2.20. The molecular weight excluding hydrogens is 308 g/mol. The molecule has 130 valence electrons. The van der Waals surface area contributed by atoms with Crippen molar-refractivity contribution in [3.8, 4) is 6.07 Å². The van der Waals surface area contributed by atoms with E-state index in [4.69, 9.17) is 10.00 Å². The standard InChI is InChI=1S/C17H24N4O3/c1-13(21(2)12-16(22)19-8-5-9-24-3)17(23)20-15-7-4-6-14(10-15)11-18/h4,6-7,10,13H,5,8-9,12H2,1-3H3,(H,19,22)(H,20,23). The SMILES string of the molecule is COCCCNC(=O)CN(C)C(C)C(=O)Nc1cccc(C#N)c1. The molecule has 0 heterocycles. The van der Waals surface area contributed by atoms with E-state index < -0.39 is 6.04 Å². The summed E-state index contributed by atoms with van der Waals surface area (Å²) in [4.78, 5) is 25.7. The molecule has 2 N–H and O–H groups in total. The molecule has 1 rings (SSSR count). The van der Waals surface area contributed by atoms with Gasteiger partial charge in [0, 0.05) is 25.9 Å². The van der Waals surface area contributed by atoms with Crippen molar-refractivity contribution in [2.45, 2.75) is 19.4 Å². The lowest BCUT2D eigenvalue weighted by atomic mass is 10.2. The van der Waals surface area contributed by atoms with Crippen molar-refractivity contribution in [2.24, 2.45) is 0 Å². The maximum atomic E-state index is 12.3. The van der Waals surface area contributed by atoms with Gasteiger partial charge in [-0.05, 0) is 38.6 Å². The zero-order valence-corrected chi connectivity index (χ0v) is 14.3. The number of benzene rings is 1. The number of nitrogens with one attached hydrogen (secondary N) is 2. The van der Waals surface area contributed by atoms with Gasteiger partial charge in [0.05, 0.1) is 24.2 Å². The second-order valence-corrected chi connectivity index (χ2v) is 5.47. The van der Waals surface area contributed by atoms with Crippen LogP contribution in [0.5, 0.6) is 0 Å². The summed E-state index contributed by atoms with van der Waals surface area (Å²) in [5.74, 6) is -0.375. The van der Waals surface area contributed by atoms with Gasteiger partial charge in [-0.25, -0.2) is 0 Å². The molecular formula is C17H24N4O3. The molecule has 1 atom stereocenters. The summed E-state index contributed by atoms with van der Waals surface area (Å²) in [7, 11) is 3.33. The van der Waals surface area contributed by atoms with E-state index in [2.05, 4.69) is 10.6 Å². The quantitative estimate of drug-likeness (QED) is 0.657. The van der Waals surface area contributed by atoms with Crippen molar-refractivity contribution in [1.29, 1.82) is 5.26 Å². The van der Waals surface area contributed by atoms with E-state index in [0.29, 0.717) is 24.4 Å². The van der Waals surface area contributed by atoms with Crippen LogP contribution in [-0.4, -0.2) is 56.6 Å². The lowest BCUT2D eigenvalue weighted by Crippen LogP contribution is -2.45. The van der Waals surface area contributed by atoms with Gasteiger partial charge >= 0.3 is 0 Å². The Hall–Kier alpha value is -2.43. The van der Waals surface area contributed by atoms with E-state index in [1.165, 1.54) is 0 Å². The monoisotopic (exact) mass is 332 g/mol. The lowest BCUT2D eigenvalue weighted by molar-refractivity contribution is -0.124. The zero-order valence-electron chi connectivity index (χ0n) is 14.3. The minimum absolute atomic E-state index is 0.125. The summed E-state index contributed by atoms with van der Waals surface area (Å²) in [5.41, 5.74) is 1.03. The number of nitrogens with zero attached hydrogens (tertiary/aromatic N) is 2. The molecule has 0 saturated heterocycles. The fraction of sp³-hybridized carbons (Fsp3) is 0.471. The van der Waals surface area contributed by atoms with Gasteiger partial charge in [0.2, 0.25) is 11.8 Å². The van der Waals surface area contributed by atoms with Crippen molar-refractivity contribution in [3.63, 3.8) is 0 Å².